The van der Waals surface area contributed by atoms with E-state index in [1.165, 1.54) is 0 Å². The molecule has 0 spiro atoms. The summed E-state index contributed by atoms with van der Waals surface area (Å²) in [5, 5.41) is 0. The molecule has 0 aromatic carbocycles. The van der Waals surface area contributed by atoms with Crippen LogP contribution in [0.2, 0.25) is 0 Å². The first kappa shape index (κ1) is 11.5. The van der Waals surface area contributed by atoms with E-state index in [4.69, 9.17) is 9.11 Å². The third kappa shape index (κ3) is 9.84. The summed E-state index contributed by atoms with van der Waals surface area (Å²) in [6.45, 7) is 0. The van der Waals surface area contributed by atoms with Crippen LogP contribution >= 0.6 is 0 Å². The summed E-state index contributed by atoms with van der Waals surface area (Å²) >= 11 is -5.29. The van der Waals surface area contributed by atoms with Crippen molar-refractivity contribution in [3.05, 3.63) is 0 Å². The molecule has 0 saturated heterocycles. The molecular weight excluding hydrogens is 203 g/mol. The van der Waals surface area contributed by atoms with Gasteiger partial charge in [0.15, 0.2) is 0 Å². The summed E-state index contributed by atoms with van der Waals surface area (Å²) in [6.07, 6.45) is 0. The number of hydrogen-bond donors (Lipinski definition) is 2. The van der Waals surface area contributed by atoms with Gasteiger partial charge >= 0.3 is 39.5 Å². The van der Waals surface area contributed by atoms with Gasteiger partial charge in [-0.3, -0.25) is 9.11 Å². The van der Waals surface area contributed by atoms with E-state index in [9.17, 15) is 8.42 Å². The average molecular weight is 205 g/mol. The van der Waals surface area contributed by atoms with Gasteiger partial charge in [-0.25, -0.2) is 0 Å². The van der Waals surface area contributed by atoms with Crippen molar-refractivity contribution in [2.45, 2.75) is 0 Å². The fourth-order valence-electron chi connectivity index (χ4n) is 0.0498. The maximum Gasteiger partial charge on any atom is 2.00 e. The Labute approximate surface area is 61.0 Å². The van der Waals surface area contributed by atoms with E-state index in [0.29, 0.717) is 0 Å². The van der Waals surface area contributed by atoms with Crippen molar-refractivity contribution in [2.24, 2.45) is 0 Å². The molecular formula is H2CoO5S2+2. The van der Waals surface area contributed by atoms with Crippen LogP contribution in [-0.2, 0) is 43.1 Å². The van der Waals surface area contributed by atoms with Gasteiger partial charge in [-0.05, 0) is 0 Å². The van der Waals surface area contributed by atoms with Crippen molar-refractivity contribution in [3.8, 4) is 0 Å². The second-order valence-corrected chi connectivity index (χ2v) is 1.92. The van der Waals surface area contributed by atoms with Crippen LogP contribution in [0, 0.1) is 0 Å². The molecule has 1 radical (unpaired) electrons. The van der Waals surface area contributed by atoms with Crippen LogP contribution in [0.4, 0.5) is 0 Å². The van der Waals surface area contributed by atoms with Gasteiger partial charge in [0.2, 0.25) is 0 Å². The van der Waals surface area contributed by atoms with Crippen LogP contribution in [0.3, 0.4) is 0 Å². The van der Waals surface area contributed by atoms with Crippen LogP contribution in [0.1, 0.15) is 0 Å². The first-order chi connectivity index (χ1) is 3.13. The quantitative estimate of drug-likeness (QED) is 0.581. The zero-order valence-electron chi connectivity index (χ0n) is 3.27. The Balaban J connectivity index is 0. The average Bonchev–Trinajstić information content (AvgIpc) is 1.27. The third-order valence-corrected chi connectivity index (χ3v) is 1.05. The second-order valence-electron chi connectivity index (χ2n) is 0.502. The molecule has 0 aromatic rings. The molecule has 0 heterocycles. The van der Waals surface area contributed by atoms with Gasteiger partial charge in [0.1, 0.15) is 0 Å². The molecule has 0 atom stereocenters. The topological polar surface area (TPSA) is 83.8 Å². The first-order valence-electron chi connectivity index (χ1n) is 1.03. The Hall–Kier alpha value is 0.686. The minimum atomic E-state index is -2.65. The molecule has 0 aliphatic carbocycles. The van der Waals surface area contributed by atoms with Crippen molar-refractivity contribution >= 4 is 22.7 Å². The third-order valence-electron chi connectivity index (χ3n) is 0.116. The van der Waals surface area contributed by atoms with Gasteiger partial charge in [-0.1, -0.05) is 0 Å². The molecule has 0 bridgehead atoms. The minimum absolute atomic E-state index is 0. The van der Waals surface area contributed by atoms with E-state index in [0.717, 1.165) is 0 Å². The van der Waals surface area contributed by atoms with Gasteiger partial charge in [0, 0.05) is 0 Å². The van der Waals surface area contributed by atoms with Crippen molar-refractivity contribution in [2.75, 3.05) is 0 Å². The van der Waals surface area contributed by atoms with Crippen LogP contribution in [-0.4, -0.2) is 17.5 Å². The number of hydrogen-bond acceptors (Lipinski definition) is 3. The molecule has 5 nitrogen and oxygen atoms in total. The zero-order chi connectivity index (χ0) is 5.86. The fraction of sp³-hybridized carbons (Fsp3) is 0. The van der Waals surface area contributed by atoms with Gasteiger partial charge in [-0.2, -0.15) is 8.42 Å². The van der Waals surface area contributed by atoms with Crippen LogP contribution in [0.25, 0.3) is 0 Å². The van der Waals surface area contributed by atoms with Crippen molar-refractivity contribution in [1.82, 2.24) is 0 Å². The molecule has 51 valence electrons. The molecule has 0 unspecified atom stereocenters. The Morgan fingerprint density at radius 2 is 1.38 bits per heavy atom. The summed E-state index contributed by atoms with van der Waals surface area (Å²) in [6, 6.07) is 0. The Bertz CT molecular complexity index is 86.6. The van der Waals surface area contributed by atoms with Gasteiger partial charge in [0.25, 0.3) is 0 Å². The van der Waals surface area contributed by atoms with E-state index in [-0.39, 0.29) is 16.8 Å². The maximum atomic E-state index is 9.35. The smallest absolute Gasteiger partial charge is 0.283 e. The minimum Gasteiger partial charge on any atom is -0.283 e. The van der Waals surface area contributed by atoms with E-state index in [2.05, 4.69) is 3.63 Å². The van der Waals surface area contributed by atoms with E-state index < -0.39 is 22.7 Å². The Morgan fingerprint density at radius 1 is 1.12 bits per heavy atom. The molecule has 0 amide bonds. The Kier molecular flexibility index (Phi) is 8.35. The number of rotatable bonds is 2. The monoisotopic (exact) mass is 205 g/mol. The van der Waals surface area contributed by atoms with Crippen molar-refractivity contribution in [3.63, 3.8) is 0 Å². The molecule has 0 aliphatic heterocycles. The van der Waals surface area contributed by atoms with Gasteiger partial charge in [-0.15, -0.1) is 3.63 Å². The summed E-state index contributed by atoms with van der Waals surface area (Å²) in [5.41, 5.74) is 0. The van der Waals surface area contributed by atoms with E-state index in [1.54, 1.807) is 0 Å². The summed E-state index contributed by atoms with van der Waals surface area (Å²) in [5.74, 6) is 0. The summed E-state index contributed by atoms with van der Waals surface area (Å²) in [4.78, 5) is 0. The molecule has 0 saturated carbocycles. The standard InChI is InChI=1S/Co.H2O5S2/c;1-6(2)5-7(3)4/h;(H,1,2)(H,3,4)/q+2;. The SMILES string of the molecule is O=S(O)OS(=O)O.[Co+2]. The van der Waals surface area contributed by atoms with Crippen molar-refractivity contribution in [1.29, 1.82) is 0 Å². The molecule has 8 heteroatoms. The zero-order valence-corrected chi connectivity index (χ0v) is 5.94. The maximum absolute atomic E-state index is 9.35. The van der Waals surface area contributed by atoms with Gasteiger partial charge in [0.05, 0.1) is 0 Å². The molecule has 8 heavy (non-hydrogen) atoms. The predicted molar refractivity (Wildman–Crippen MR) is 22.6 cm³/mol. The molecule has 2 N–H and O–H groups in total. The van der Waals surface area contributed by atoms with Crippen molar-refractivity contribution < 1.29 is 37.9 Å². The second kappa shape index (κ2) is 5.82. The predicted octanol–water partition coefficient (Wildman–Crippen LogP) is -0.726. The van der Waals surface area contributed by atoms with Gasteiger partial charge < -0.3 is 0 Å². The summed E-state index contributed by atoms with van der Waals surface area (Å²) in [7, 11) is 0. The van der Waals surface area contributed by atoms with Crippen LogP contribution in [0.5, 0.6) is 0 Å². The Morgan fingerprint density at radius 3 is 1.38 bits per heavy atom. The molecule has 0 fully saturated rings. The van der Waals surface area contributed by atoms with E-state index >= 15 is 0 Å². The fourth-order valence-corrected chi connectivity index (χ4v) is 0.448. The van der Waals surface area contributed by atoms with Crippen LogP contribution in [0.15, 0.2) is 0 Å². The molecule has 0 aromatic heterocycles. The van der Waals surface area contributed by atoms with E-state index in [1.807, 2.05) is 0 Å². The van der Waals surface area contributed by atoms with Crippen LogP contribution < -0.4 is 0 Å². The molecule has 0 rings (SSSR count). The normalized spacial score (nSPS) is 16.2. The molecule has 0 aliphatic rings. The first-order valence-corrected chi connectivity index (χ1v) is 3.10. The summed E-state index contributed by atoms with van der Waals surface area (Å²) < 4.78 is 37.2. The largest absolute Gasteiger partial charge is 2.00 e.